The first-order valence-electron chi connectivity index (χ1n) is 4.17. The average Bonchev–Trinajstić information content (AvgIpc) is 2.17. The third-order valence-electron chi connectivity index (χ3n) is 2.17. The molecule has 0 saturated heterocycles. The predicted molar refractivity (Wildman–Crippen MR) is 55.2 cm³/mol. The third-order valence-corrected chi connectivity index (χ3v) is 2.17. The van der Waals surface area contributed by atoms with Crippen molar-refractivity contribution in [3.05, 3.63) is 29.3 Å². The fraction of sp³-hybridized carbons (Fsp3) is 0.300. The summed E-state index contributed by atoms with van der Waals surface area (Å²) in [6, 6.07) is 7.97. The minimum atomic E-state index is 0. The van der Waals surface area contributed by atoms with Crippen molar-refractivity contribution in [3.63, 3.8) is 0 Å². The van der Waals surface area contributed by atoms with Crippen LogP contribution in [0.4, 0.5) is 5.69 Å². The van der Waals surface area contributed by atoms with Gasteiger partial charge >= 0.3 is 0 Å². The summed E-state index contributed by atoms with van der Waals surface area (Å²) in [5, 5.41) is 12.0. The van der Waals surface area contributed by atoms with Gasteiger partial charge in [-0.25, -0.2) is 0 Å². The van der Waals surface area contributed by atoms with E-state index < -0.39 is 0 Å². The molecule has 1 aliphatic heterocycles. The van der Waals surface area contributed by atoms with Crippen molar-refractivity contribution in [3.8, 4) is 6.07 Å². The number of nitriles is 1. The molecular formula is C10H11ClN2. The highest BCUT2D eigenvalue weighted by Gasteiger charge is 2.07. The van der Waals surface area contributed by atoms with Crippen LogP contribution < -0.4 is 5.32 Å². The number of hydrogen-bond donors (Lipinski definition) is 1. The smallest absolute Gasteiger partial charge is 0.0991 e. The van der Waals surface area contributed by atoms with Crippen molar-refractivity contribution in [1.82, 2.24) is 0 Å². The average molecular weight is 195 g/mol. The van der Waals surface area contributed by atoms with Gasteiger partial charge < -0.3 is 5.32 Å². The lowest BCUT2D eigenvalue weighted by molar-refractivity contribution is 0.830. The van der Waals surface area contributed by atoms with E-state index in [1.807, 2.05) is 18.2 Å². The number of halogens is 1. The predicted octanol–water partition coefficient (Wildman–Crippen LogP) is 2.34. The Morgan fingerprint density at radius 2 is 2.23 bits per heavy atom. The van der Waals surface area contributed by atoms with Gasteiger partial charge in [0.25, 0.3) is 0 Å². The molecule has 1 heterocycles. The maximum absolute atomic E-state index is 8.67. The number of fused-ring (bicyclic) bond motifs is 1. The van der Waals surface area contributed by atoms with Crippen LogP contribution in [0.1, 0.15) is 17.5 Å². The number of benzene rings is 1. The largest absolute Gasteiger partial charge is 0.385 e. The second kappa shape index (κ2) is 4.15. The van der Waals surface area contributed by atoms with E-state index in [-0.39, 0.29) is 12.4 Å². The van der Waals surface area contributed by atoms with Gasteiger partial charge in [0.2, 0.25) is 0 Å². The van der Waals surface area contributed by atoms with Crippen molar-refractivity contribution in [2.24, 2.45) is 0 Å². The summed E-state index contributed by atoms with van der Waals surface area (Å²) < 4.78 is 0. The zero-order valence-corrected chi connectivity index (χ0v) is 8.03. The molecule has 2 nitrogen and oxygen atoms in total. The maximum Gasteiger partial charge on any atom is 0.0991 e. The van der Waals surface area contributed by atoms with Gasteiger partial charge in [0.15, 0.2) is 0 Å². The molecule has 1 aromatic carbocycles. The second-order valence-corrected chi connectivity index (χ2v) is 3.01. The molecule has 0 fully saturated rings. The number of rotatable bonds is 0. The van der Waals surface area contributed by atoms with Crippen molar-refractivity contribution in [2.75, 3.05) is 11.9 Å². The van der Waals surface area contributed by atoms with E-state index in [1.54, 1.807) is 0 Å². The van der Waals surface area contributed by atoms with Crippen LogP contribution in [0.3, 0.4) is 0 Å². The number of hydrogen-bond acceptors (Lipinski definition) is 2. The molecule has 0 aliphatic carbocycles. The van der Waals surface area contributed by atoms with Crippen LogP contribution >= 0.6 is 12.4 Å². The van der Waals surface area contributed by atoms with Crippen molar-refractivity contribution in [1.29, 1.82) is 5.26 Å². The lowest BCUT2D eigenvalue weighted by Gasteiger charge is -2.17. The Morgan fingerprint density at radius 3 is 3.00 bits per heavy atom. The molecule has 0 amide bonds. The lowest BCUT2D eigenvalue weighted by atomic mass is 10.0. The SMILES string of the molecule is Cl.N#Cc1ccc2c(c1)CCCN2. The van der Waals surface area contributed by atoms with Crippen LogP contribution in [-0.2, 0) is 6.42 Å². The number of nitrogens with one attached hydrogen (secondary N) is 1. The van der Waals surface area contributed by atoms with E-state index >= 15 is 0 Å². The topological polar surface area (TPSA) is 35.8 Å². The molecule has 1 aromatic rings. The Morgan fingerprint density at radius 1 is 1.38 bits per heavy atom. The quantitative estimate of drug-likeness (QED) is 0.688. The summed E-state index contributed by atoms with van der Waals surface area (Å²) in [5.41, 5.74) is 3.23. The zero-order chi connectivity index (χ0) is 8.39. The highest BCUT2D eigenvalue weighted by Crippen LogP contribution is 2.22. The van der Waals surface area contributed by atoms with Gasteiger partial charge in [-0.2, -0.15) is 5.26 Å². The molecular weight excluding hydrogens is 184 g/mol. The van der Waals surface area contributed by atoms with E-state index in [0.717, 1.165) is 18.5 Å². The minimum absolute atomic E-state index is 0. The molecule has 0 bridgehead atoms. The highest BCUT2D eigenvalue weighted by molar-refractivity contribution is 5.85. The normalized spacial score (nSPS) is 13.2. The molecule has 0 saturated carbocycles. The van der Waals surface area contributed by atoms with Crippen LogP contribution in [0, 0.1) is 11.3 Å². The Bertz CT molecular complexity index is 341. The highest BCUT2D eigenvalue weighted by atomic mass is 35.5. The first-order valence-corrected chi connectivity index (χ1v) is 4.17. The fourth-order valence-corrected chi connectivity index (χ4v) is 1.54. The van der Waals surface area contributed by atoms with Gasteiger partial charge in [0.05, 0.1) is 11.6 Å². The van der Waals surface area contributed by atoms with E-state index in [0.29, 0.717) is 0 Å². The molecule has 0 atom stereocenters. The Labute approximate surface area is 84.0 Å². The van der Waals surface area contributed by atoms with Gasteiger partial charge in [0.1, 0.15) is 0 Å². The first-order chi connectivity index (χ1) is 5.90. The molecule has 0 aromatic heterocycles. The second-order valence-electron chi connectivity index (χ2n) is 3.01. The Kier molecular flexibility index (Phi) is 3.16. The summed E-state index contributed by atoms with van der Waals surface area (Å²) in [4.78, 5) is 0. The summed E-state index contributed by atoms with van der Waals surface area (Å²) in [5.74, 6) is 0. The molecule has 68 valence electrons. The number of anilines is 1. The lowest BCUT2D eigenvalue weighted by Crippen LogP contribution is -2.11. The number of aryl methyl sites for hydroxylation is 1. The molecule has 2 rings (SSSR count). The van der Waals surface area contributed by atoms with Crippen molar-refractivity contribution >= 4 is 18.1 Å². The Hall–Kier alpha value is -1.20. The summed E-state index contributed by atoms with van der Waals surface area (Å²) >= 11 is 0. The van der Waals surface area contributed by atoms with Crippen LogP contribution in [0.5, 0.6) is 0 Å². The summed E-state index contributed by atoms with van der Waals surface area (Å²) in [6.07, 6.45) is 2.26. The number of nitrogens with zero attached hydrogens (tertiary/aromatic N) is 1. The molecule has 0 unspecified atom stereocenters. The molecule has 13 heavy (non-hydrogen) atoms. The zero-order valence-electron chi connectivity index (χ0n) is 7.21. The van der Waals surface area contributed by atoms with Gasteiger partial charge in [-0.05, 0) is 36.6 Å². The van der Waals surface area contributed by atoms with Crippen molar-refractivity contribution < 1.29 is 0 Å². The van der Waals surface area contributed by atoms with Crippen molar-refractivity contribution in [2.45, 2.75) is 12.8 Å². The molecule has 0 spiro atoms. The van der Waals surface area contributed by atoms with Crippen LogP contribution in [0.2, 0.25) is 0 Å². The van der Waals surface area contributed by atoms with Gasteiger partial charge in [-0.1, -0.05) is 0 Å². The molecule has 3 heteroatoms. The molecule has 1 N–H and O–H groups in total. The van der Waals surface area contributed by atoms with Gasteiger partial charge in [-0.15, -0.1) is 12.4 Å². The fourth-order valence-electron chi connectivity index (χ4n) is 1.54. The standard InChI is InChI=1S/C10H10N2.ClH/c11-7-8-3-4-10-9(6-8)2-1-5-12-10;/h3-4,6,12H,1-2,5H2;1H. The summed E-state index contributed by atoms with van der Waals surface area (Å²) in [7, 11) is 0. The molecule has 1 aliphatic rings. The van der Waals surface area contributed by atoms with E-state index in [2.05, 4.69) is 11.4 Å². The van der Waals surface area contributed by atoms with Crippen LogP contribution in [-0.4, -0.2) is 6.54 Å². The first kappa shape index (κ1) is 9.88. The van der Waals surface area contributed by atoms with E-state index in [4.69, 9.17) is 5.26 Å². The van der Waals surface area contributed by atoms with Gasteiger partial charge in [-0.3, -0.25) is 0 Å². The van der Waals surface area contributed by atoms with E-state index in [9.17, 15) is 0 Å². The summed E-state index contributed by atoms with van der Waals surface area (Å²) in [6.45, 7) is 1.05. The maximum atomic E-state index is 8.67. The molecule has 0 radical (unpaired) electrons. The van der Waals surface area contributed by atoms with Crippen LogP contribution in [0.15, 0.2) is 18.2 Å². The van der Waals surface area contributed by atoms with Gasteiger partial charge in [0, 0.05) is 12.2 Å². The monoisotopic (exact) mass is 194 g/mol. The Balaban J connectivity index is 0.000000845. The van der Waals surface area contributed by atoms with E-state index in [1.165, 1.54) is 17.7 Å². The third kappa shape index (κ3) is 1.93. The minimum Gasteiger partial charge on any atom is -0.385 e. The van der Waals surface area contributed by atoms with Crippen LogP contribution in [0.25, 0.3) is 0 Å².